The van der Waals surface area contributed by atoms with Crippen LogP contribution in [-0.4, -0.2) is 36.5 Å². The minimum Gasteiger partial charge on any atom is -0.396 e. The molecule has 2 N–H and O–H groups in total. The van der Waals surface area contributed by atoms with Crippen LogP contribution in [0.15, 0.2) is 18.3 Å². The van der Waals surface area contributed by atoms with Crippen LogP contribution in [0.2, 0.25) is 0 Å². The molecule has 1 fully saturated rings. The van der Waals surface area contributed by atoms with Crippen molar-refractivity contribution in [1.29, 1.82) is 0 Å². The Morgan fingerprint density at radius 1 is 1.65 bits per heavy atom. The number of nitrogens with one attached hydrogen (secondary N) is 1. The maximum Gasteiger partial charge on any atom is 0.139 e. The number of hydrogen-bond donors (Lipinski definition) is 2. The van der Waals surface area contributed by atoms with Gasteiger partial charge in [0.05, 0.1) is 3.57 Å². The Labute approximate surface area is 115 Å². The van der Waals surface area contributed by atoms with E-state index < -0.39 is 0 Å². The second kappa shape index (κ2) is 6.51. The topological polar surface area (TPSA) is 54.4 Å². The van der Waals surface area contributed by atoms with Crippen LogP contribution in [0.3, 0.4) is 0 Å². The van der Waals surface area contributed by atoms with E-state index in [0.29, 0.717) is 5.92 Å². The zero-order chi connectivity index (χ0) is 12.1. The number of pyridine rings is 1. The van der Waals surface area contributed by atoms with Crippen molar-refractivity contribution in [1.82, 2.24) is 4.98 Å². The Kier molecular flexibility index (Phi) is 4.99. The van der Waals surface area contributed by atoms with Gasteiger partial charge in [-0.15, -0.1) is 0 Å². The number of rotatable bonds is 5. The maximum absolute atomic E-state index is 9.42. The summed E-state index contributed by atoms with van der Waals surface area (Å²) in [7, 11) is 0. The molecular weight excluding hydrogens is 331 g/mol. The molecule has 1 aliphatic heterocycles. The molecule has 1 aliphatic rings. The highest BCUT2D eigenvalue weighted by molar-refractivity contribution is 14.1. The molecule has 2 rings (SSSR count). The summed E-state index contributed by atoms with van der Waals surface area (Å²) in [6.45, 7) is 2.54. The van der Waals surface area contributed by atoms with Crippen LogP contribution in [0.25, 0.3) is 0 Å². The summed E-state index contributed by atoms with van der Waals surface area (Å²) < 4.78 is 6.46. The van der Waals surface area contributed by atoms with Crippen LogP contribution in [0.4, 0.5) is 5.82 Å². The minimum atomic E-state index is 0.199. The van der Waals surface area contributed by atoms with Crippen molar-refractivity contribution in [3.8, 4) is 0 Å². The lowest BCUT2D eigenvalue weighted by Gasteiger charge is -2.20. The normalized spacial score (nSPS) is 21.4. The van der Waals surface area contributed by atoms with Crippen LogP contribution in [0, 0.1) is 15.4 Å². The van der Waals surface area contributed by atoms with E-state index in [1.165, 1.54) is 0 Å². The van der Waals surface area contributed by atoms with Gasteiger partial charge < -0.3 is 15.2 Å². The summed E-state index contributed by atoms with van der Waals surface area (Å²) in [6.07, 6.45) is 2.82. The Bertz CT molecular complexity index is 356. The fourth-order valence-electron chi connectivity index (χ4n) is 2.05. The number of aliphatic hydroxyl groups is 1. The lowest BCUT2D eigenvalue weighted by atomic mass is 9.92. The summed E-state index contributed by atoms with van der Waals surface area (Å²) >= 11 is 2.26. The van der Waals surface area contributed by atoms with E-state index in [2.05, 4.69) is 32.9 Å². The van der Waals surface area contributed by atoms with Gasteiger partial charge >= 0.3 is 0 Å². The second-order valence-corrected chi connectivity index (χ2v) is 5.44. The fourth-order valence-corrected chi connectivity index (χ4v) is 2.59. The molecule has 17 heavy (non-hydrogen) atoms. The first-order valence-electron chi connectivity index (χ1n) is 5.84. The molecule has 2 heterocycles. The van der Waals surface area contributed by atoms with Gasteiger partial charge in [0.15, 0.2) is 0 Å². The SMILES string of the molecule is OCC(CNc1ncccc1I)C1CCOC1. The van der Waals surface area contributed by atoms with E-state index in [1.807, 2.05) is 12.1 Å². The lowest BCUT2D eigenvalue weighted by molar-refractivity contribution is 0.145. The van der Waals surface area contributed by atoms with Gasteiger partial charge in [-0.2, -0.15) is 0 Å². The van der Waals surface area contributed by atoms with Crippen molar-refractivity contribution in [2.45, 2.75) is 6.42 Å². The molecule has 0 spiro atoms. The maximum atomic E-state index is 9.42. The smallest absolute Gasteiger partial charge is 0.139 e. The highest BCUT2D eigenvalue weighted by atomic mass is 127. The number of ether oxygens (including phenoxy) is 1. The Hall–Kier alpha value is -0.400. The quantitative estimate of drug-likeness (QED) is 0.796. The Morgan fingerprint density at radius 2 is 2.53 bits per heavy atom. The number of aliphatic hydroxyl groups excluding tert-OH is 1. The van der Waals surface area contributed by atoms with E-state index >= 15 is 0 Å². The summed E-state index contributed by atoms with van der Waals surface area (Å²) in [4.78, 5) is 4.28. The molecule has 4 nitrogen and oxygen atoms in total. The highest BCUT2D eigenvalue weighted by Crippen LogP contribution is 2.23. The van der Waals surface area contributed by atoms with Crippen molar-refractivity contribution in [2.75, 3.05) is 31.7 Å². The average molecular weight is 348 g/mol. The first kappa shape index (κ1) is 13.0. The molecule has 94 valence electrons. The number of halogens is 1. The first-order chi connectivity index (χ1) is 8.31. The van der Waals surface area contributed by atoms with Gasteiger partial charge in [-0.25, -0.2) is 4.98 Å². The highest BCUT2D eigenvalue weighted by Gasteiger charge is 2.25. The van der Waals surface area contributed by atoms with Crippen LogP contribution in [-0.2, 0) is 4.74 Å². The van der Waals surface area contributed by atoms with E-state index in [-0.39, 0.29) is 12.5 Å². The van der Waals surface area contributed by atoms with Crippen LogP contribution < -0.4 is 5.32 Å². The van der Waals surface area contributed by atoms with Crippen molar-refractivity contribution < 1.29 is 9.84 Å². The molecule has 0 bridgehead atoms. The van der Waals surface area contributed by atoms with Crippen molar-refractivity contribution in [3.05, 3.63) is 21.9 Å². The molecule has 5 heteroatoms. The molecule has 0 aromatic carbocycles. The third-order valence-electron chi connectivity index (χ3n) is 3.16. The second-order valence-electron chi connectivity index (χ2n) is 4.28. The van der Waals surface area contributed by atoms with Crippen LogP contribution in [0.1, 0.15) is 6.42 Å². The molecule has 0 aliphatic carbocycles. The monoisotopic (exact) mass is 348 g/mol. The third-order valence-corrected chi connectivity index (χ3v) is 4.03. The number of anilines is 1. The van der Waals surface area contributed by atoms with Gasteiger partial charge in [-0.3, -0.25) is 0 Å². The standard InChI is InChI=1S/C12H17IN2O2/c13-11-2-1-4-14-12(11)15-6-10(7-16)9-3-5-17-8-9/h1-2,4,9-10,16H,3,5-8H2,(H,14,15). The van der Waals surface area contributed by atoms with Crippen molar-refractivity contribution in [3.63, 3.8) is 0 Å². The predicted octanol–water partition coefficient (Wildman–Crippen LogP) is 1.74. The van der Waals surface area contributed by atoms with Crippen molar-refractivity contribution >= 4 is 28.4 Å². The Balaban J connectivity index is 1.89. The zero-order valence-electron chi connectivity index (χ0n) is 9.60. The van der Waals surface area contributed by atoms with Gasteiger partial charge in [0, 0.05) is 38.5 Å². The van der Waals surface area contributed by atoms with Gasteiger partial charge in [0.25, 0.3) is 0 Å². The summed E-state index contributed by atoms with van der Waals surface area (Å²) in [5, 5.41) is 12.7. The average Bonchev–Trinajstić information content (AvgIpc) is 2.86. The summed E-state index contributed by atoms with van der Waals surface area (Å²) in [6, 6.07) is 3.93. The molecule has 0 radical (unpaired) electrons. The molecule has 1 aromatic rings. The van der Waals surface area contributed by atoms with Gasteiger partial charge in [-0.1, -0.05) is 0 Å². The van der Waals surface area contributed by atoms with E-state index in [4.69, 9.17) is 4.74 Å². The first-order valence-corrected chi connectivity index (χ1v) is 6.92. The lowest BCUT2D eigenvalue weighted by Crippen LogP contribution is -2.27. The van der Waals surface area contributed by atoms with Crippen LogP contribution >= 0.6 is 22.6 Å². The third kappa shape index (κ3) is 3.53. The van der Waals surface area contributed by atoms with Gasteiger partial charge in [0.1, 0.15) is 5.82 Å². The summed E-state index contributed by atoms with van der Waals surface area (Å²) in [5.41, 5.74) is 0. The molecule has 1 aromatic heterocycles. The minimum absolute atomic E-state index is 0.199. The molecular formula is C12H17IN2O2. The zero-order valence-corrected chi connectivity index (χ0v) is 11.8. The summed E-state index contributed by atoms with van der Waals surface area (Å²) in [5.74, 6) is 1.61. The molecule has 2 atom stereocenters. The molecule has 0 saturated carbocycles. The number of nitrogens with zero attached hydrogens (tertiary/aromatic N) is 1. The van der Waals surface area contributed by atoms with E-state index in [1.54, 1.807) is 6.20 Å². The number of hydrogen-bond acceptors (Lipinski definition) is 4. The largest absolute Gasteiger partial charge is 0.396 e. The predicted molar refractivity (Wildman–Crippen MR) is 74.9 cm³/mol. The van der Waals surface area contributed by atoms with Gasteiger partial charge in [0.2, 0.25) is 0 Å². The molecule has 2 unspecified atom stereocenters. The van der Waals surface area contributed by atoms with Crippen LogP contribution in [0.5, 0.6) is 0 Å². The fraction of sp³-hybridized carbons (Fsp3) is 0.583. The molecule has 1 saturated heterocycles. The van der Waals surface area contributed by atoms with Crippen molar-refractivity contribution in [2.24, 2.45) is 11.8 Å². The Morgan fingerprint density at radius 3 is 3.18 bits per heavy atom. The van der Waals surface area contributed by atoms with Gasteiger partial charge in [-0.05, 0) is 47.1 Å². The molecule has 0 amide bonds. The van der Waals surface area contributed by atoms with E-state index in [0.717, 1.165) is 35.6 Å². The number of aromatic nitrogens is 1. The van der Waals surface area contributed by atoms with E-state index in [9.17, 15) is 5.11 Å².